The van der Waals surface area contributed by atoms with Gasteiger partial charge in [-0.3, -0.25) is 0 Å². The normalized spacial score (nSPS) is 34.8. The summed E-state index contributed by atoms with van der Waals surface area (Å²) in [6.07, 6.45) is 5.20. The van der Waals surface area contributed by atoms with Gasteiger partial charge in [0.2, 0.25) is 0 Å². The molecule has 3 heteroatoms. The summed E-state index contributed by atoms with van der Waals surface area (Å²) in [7, 11) is 0. The van der Waals surface area contributed by atoms with Gasteiger partial charge in [0.05, 0.1) is 25.8 Å². The molecule has 150 valence electrons. The molecule has 0 radical (unpaired) electrons. The van der Waals surface area contributed by atoms with Gasteiger partial charge >= 0.3 is 0 Å². The van der Waals surface area contributed by atoms with Crippen LogP contribution in [-0.2, 0) is 11.3 Å². The second-order valence-corrected chi connectivity index (χ2v) is 10.2. The molecule has 27 heavy (non-hydrogen) atoms. The average Bonchev–Trinajstić information content (AvgIpc) is 3.25. The van der Waals surface area contributed by atoms with Crippen LogP contribution in [-0.4, -0.2) is 48.0 Å². The highest BCUT2D eigenvalue weighted by atomic mass is 16.5. The van der Waals surface area contributed by atoms with Gasteiger partial charge in [0.25, 0.3) is 0 Å². The van der Waals surface area contributed by atoms with Crippen LogP contribution in [0.1, 0.15) is 52.0 Å². The number of aliphatic hydroxyl groups excluding tert-OH is 1. The first-order valence-corrected chi connectivity index (χ1v) is 11.1. The summed E-state index contributed by atoms with van der Waals surface area (Å²) in [6.45, 7) is 12.0. The van der Waals surface area contributed by atoms with Gasteiger partial charge in [0.1, 0.15) is 19.2 Å². The van der Waals surface area contributed by atoms with E-state index in [0.29, 0.717) is 30.0 Å². The average molecular weight is 373 g/mol. The standard InChI is InChI=1S/C24H38NO2/c1-18-21-11-12-22(24(21,2)3)23(18)27-17-20(26)16-25(13-7-8-14-25)15-19-9-5-4-6-10-19/h4-6,9-10,18,20-23,26H,7-8,11-17H2,1-3H3/q+1/t18-,20+,21+,22+,23+/m1/s1. The summed E-state index contributed by atoms with van der Waals surface area (Å²) in [5.74, 6) is 2.09. The second kappa shape index (κ2) is 7.50. The van der Waals surface area contributed by atoms with Gasteiger partial charge < -0.3 is 14.3 Å². The van der Waals surface area contributed by atoms with E-state index in [0.717, 1.165) is 23.5 Å². The van der Waals surface area contributed by atoms with Crippen molar-refractivity contribution in [3.05, 3.63) is 35.9 Å². The van der Waals surface area contributed by atoms with Crippen LogP contribution in [0, 0.1) is 23.2 Å². The molecule has 0 unspecified atom stereocenters. The number of benzene rings is 1. The molecule has 1 saturated heterocycles. The van der Waals surface area contributed by atoms with E-state index in [1.165, 1.54) is 44.3 Å². The Labute approximate surface area is 165 Å². The second-order valence-electron chi connectivity index (χ2n) is 10.2. The summed E-state index contributed by atoms with van der Waals surface area (Å²) in [5, 5.41) is 10.9. The Bertz CT molecular complexity index is 623. The zero-order chi connectivity index (χ0) is 19.1. The highest BCUT2D eigenvalue weighted by Crippen LogP contribution is 2.60. The Hall–Kier alpha value is -0.900. The number of aliphatic hydroxyl groups is 1. The van der Waals surface area contributed by atoms with E-state index in [1.54, 1.807) is 0 Å². The number of nitrogens with zero attached hydrogens (tertiary/aromatic N) is 1. The fourth-order valence-electron chi connectivity index (χ4n) is 6.87. The van der Waals surface area contributed by atoms with Crippen LogP contribution in [0.4, 0.5) is 0 Å². The molecular formula is C24H38NO2+. The van der Waals surface area contributed by atoms with E-state index >= 15 is 0 Å². The zero-order valence-corrected chi connectivity index (χ0v) is 17.4. The largest absolute Gasteiger partial charge is 0.385 e. The third-order valence-corrected chi connectivity index (χ3v) is 8.20. The van der Waals surface area contributed by atoms with E-state index in [2.05, 4.69) is 51.1 Å². The summed E-state index contributed by atoms with van der Waals surface area (Å²) in [4.78, 5) is 0. The molecule has 3 nitrogen and oxygen atoms in total. The monoisotopic (exact) mass is 372 g/mol. The van der Waals surface area contributed by atoms with Gasteiger partial charge in [-0.15, -0.1) is 0 Å². The van der Waals surface area contributed by atoms with Crippen LogP contribution >= 0.6 is 0 Å². The third-order valence-electron chi connectivity index (χ3n) is 8.20. The van der Waals surface area contributed by atoms with Gasteiger partial charge in [-0.05, 0) is 36.0 Å². The zero-order valence-electron chi connectivity index (χ0n) is 17.4. The molecule has 4 rings (SSSR count). The Morgan fingerprint density at radius 1 is 1.11 bits per heavy atom. The Morgan fingerprint density at radius 2 is 1.78 bits per heavy atom. The number of rotatable bonds is 7. The number of quaternary nitrogens is 1. The minimum atomic E-state index is -0.360. The number of likely N-dealkylation sites (tertiary alicyclic amines) is 1. The highest BCUT2D eigenvalue weighted by molar-refractivity contribution is 5.13. The number of hydrogen-bond donors (Lipinski definition) is 1. The minimum absolute atomic E-state index is 0.342. The van der Waals surface area contributed by atoms with Crippen molar-refractivity contribution in [2.24, 2.45) is 23.2 Å². The van der Waals surface area contributed by atoms with Crippen molar-refractivity contribution in [3.63, 3.8) is 0 Å². The third kappa shape index (κ3) is 3.71. The van der Waals surface area contributed by atoms with E-state index in [1.807, 2.05) is 0 Å². The molecule has 1 aliphatic heterocycles. The van der Waals surface area contributed by atoms with Crippen molar-refractivity contribution in [1.82, 2.24) is 0 Å². The van der Waals surface area contributed by atoms with Gasteiger partial charge in [-0.25, -0.2) is 0 Å². The molecule has 0 amide bonds. The van der Waals surface area contributed by atoms with Crippen LogP contribution in [0.15, 0.2) is 30.3 Å². The molecule has 1 aromatic carbocycles. The first kappa shape index (κ1) is 19.4. The first-order chi connectivity index (χ1) is 12.9. The summed E-state index contributed by atoms with van der Waals surface area (Å²) < 4.78 is 7.41. The van der Waals surface area contributed by atoms with E-state index < -0.39 is 0 Å². The summed E-state index contributed by atoms with van der Waals surface area (Å²) >= 11 is 0. The van der Waals surface area contributed by atoms with E-state index in [4.69, 9.17) is 4.74 Å². The summed E-state index contributed by atoms with van der Waals surface area (Å²) in [5.41, 5.74) is 1.79. The van der Waals surface area contributed by atoms with Gasteiger partial charge in [-0.2, -0.15) is 0 Å². The quantitative estimate of drug-likeness (QED) is 0.725. The first-order valence-electron chi connectivity index (χ1n) is 11.1. The molecule has 3 fully saturated rings. The Kier molecular flexibility index (Phi) is 5.39. The molecule has 0 aromatic heterocycles. The Balaban J connectivity index is 1.35. The van der Waals surface area contributed by atoms with Gasteiger partial charge in [0, 0.05) is 18.4 Å². The molecule has 5 atom stereocenters. The molecule has 1 aromatic rings. The predicted octanol–water partition coefficient (Wildman–Crippen LogP) is 4.25. The minimum Gasteiger partial charge on any atom is -0.385 e. The van der Waals surface area contributed by atoms with Crippen molar-refractivity contribution in [2.45, 2.75) is 65.2 Å². The maximum Gasteiger partial charge on any atom is 0.126 e. The maximum atomic E-state index is 10.9. The van der Waals surface area contributed by atoms with Gasteiger partial charge in [0.15, 0.2) is 0 Å². The van der Waals surface area contributed by atoms with Crippen LogP contribution in [0.25, 0.3) is 0 Å². The molecular weight excluding hydrogens is 334 g/mol. The smallest absolute Gasteiger partial charge is 0.126 e. The number of fused-ring (bicyclic) bond motifs is 2. The predicted molar refractivity (Wildman–Crippen MR) is 109 cm³/mol. The molecule has 2 aliphatic carbocycles. The lowest BCUT2D eigenvalue weighted by Crippen LogP contribution is -2.50. The molecule has 0 spiro atoms. The molecule has 3 aliphatic rings. The van der Waals surface area contributed by atoms with Crippen LogP contribution < -0.4 is 0 Å². The number of ether oxygens (including phenoxy) is 1. The Morgan fingerprint density at radius 3 is 2.41 bits per heavy atom. The molecule has 1 heterocycles. The topological polar surface area (TPSA) is 29.5 Å². The van der Waals surface area contributed by atoms with Crippen LogP contribution in [0.2, 0.25) is 0 Å². The molecule has 1 N–H and O–H groups in total. The van der Waals surface area contributed by atoms with Crippen molar-refractivity contribution in [2.75, 3.05) is 26.2 Å². The van der Waals surface area contributed by atoms with Crippen molar-refractivity contribution >= 4 is 0 Å². The lowest BCUT2D eigenvalue weighted by atomic mass is 9.80. The fraction of sp³-hybridized carbons (Fsp3) is 0.750. The van der Waals surface area contributed by atoms with Crippen molar-refractivity contribution in [1.29, 1.82) is 0 Å². The molecule has 2 saturated carbocycles. The molecule has 2 bridgehead atoms. The highest BCUT2D eigenvalue weighted by Gasteiger charge is 2.58. The lowest BCUT2D eigenvalue weighted by Gasteiger charge is -2.37. The number of hydrogen-bond acceptors (Lipinski definition) is 2. The van der Waals surface area contributed by atoms with Crippen LogP contribution in [0.3, 0.4) is 0 Å². The van der Waals surface area contributed by atoms with Crippen molar-refractivity contribution < 1.29 is 14.3 Å². The van der Waals surface area contributed by atoms with E-state index in [9.17, 15) is 5.11 Å². The van der Waals surface area contributed by atoms with E-state index in [-0.39, 0.29) is 6.10 Å². The van der Waals surface area contributed by atoms with Crippen LogP contribution in [0.5, 0.6) is 0 Å². The fourth-order valence-corrected chi connectivity index (χ4v) is 6.87. The maximum absolute atomic E-state index is 10.9. The summed E-state index contributed by atoms with van der Waals surface area (Å²) in [6, 6.07) is 10.8. The lowest BCUT2D eigenvalue weighted by molar-refractivity contribution is -0.932. The van der Waals surface area contributed by atoms with Crippen molar-refractivity contribution in [3.8, 4) is 0 Å². The van der Waals surface area contributed by atoms with Gasteiger partial charge in [-0.1, -0.05) is 51.1 Å². The SMILES string of the molecule is C[C@H]1[C@H](OC[C@@H](O)C[N+]2(Cc3ccccc3)CCCC2)[C@@H]2CC[C@@H]1C2(C)C.